The third kappa shape index (κ3) is 14.5. The summed E-state index contributed by atoms with van der Waals surface area (Å²) < 4.78 is 41.9. The lowest BCUT2D eigenvalue weighted by Gasteiger charge is -2.41. The predicted molar refractivity (Wildman–Crippen MR) is 242 cm³/mol. The highest BCUT2D eigenvalue weighted by atomic mass is 127. The number of ketones is 1. The van der Waals surface area contributed by atoms with E-state index in [9.17, 15) is 4.79 Å². The number of benzene rings is 1. The molecule has 1 aliphatic heterocycles. The van der Waals surface area contributed by atoms with E-state index in [-0.39, 0.29) is 63.3 Å². The minimum Gasteiger partial charge on any atom is -0.497 e. The summed E-state index contributed by atoms with van der Waals surface area (Å²) in [6.07, 6.45) is 3.72. The molecule has 0 aliphatic carbocycles. The molecule has 0 amide bonds. The number of rotatable bonds is 20. The first-order valence-corrected chi connectivity index (χ1v) is 30.2. The van der Waals surface area contributed by atoms with Crippen molar-refractivity contribution in [3.8, 4) is 5.75 Å². The van der Waals surface area contributed by atoms with Gasteiger partial charge in [0.2, 0.25) is 0 Å². The summed E-state index contributed by atoms with van der Waals surface area (Å²) in [6.45, 7) is 39.9. The lowest BCUT2D eigenvalue weighted by Crippen LogP contribution is -2.48. The fourth-order valence-corrected chi connectivity index (χ4v) is 10.3. The minimum atomic E-state index is -2.15. The van der Waals surface area contributed by atoms with Crippen molar-refractivity contribution in [3.63, 3.8) is 0 Å². The van der Waals surface area contributed by atoms with Gasteiger partial charge in [0.05, 0.1) is 44.2 Å². The summed E-state index contributed by atoms with van der Waals surface area (Å²) in [5.74, 6) is 1.05. The van der Waals surface area contributed by atoms with Crippen LogP contribution in [0.2, 0.25) is 54.4 Å². The monoisotopic (exact) mass is 918 g/mol. The first-order chi connectivity index (χ1) is 24.5. The Kier molecular flexibility index (Phi) is 18.5. The van der Waals surface area contributed by atoms with Crippen molar-refractivity contribution in [3.05, 3.63) is 40.0 Å². The Balaban J connectivity index is 2.31. The van der Waals surface area contributed by atoms with E-state index in [1.54, 1.807) is 7.11 Å². The van der Waals surface area contributed by atoms with Crippen LogP contribution in [0.1, 0.15) is 107 Å². The first-order valence-electron chi connectivity index (χ1n) is 20.2. The molecule has 7 atom stereocenters. The molecule has 11 heteroatoms. The van der Waals surface area contributed by atoms with E-state index in [0.717, 1.165) is 24.2 Å². The number of carbonyl (C=O) groups excluding carboxylic acids is 1. The minimum absolute atomic E-state index is 0.0137. The maximum atomic E-state index is 13.8. The summed E-state index contributed by atoms with van der Waals surface area (Å²) in [5.41, 5.74) is 1.07. The van der Waals surface area contributed by atoms with Crippen LogP contribution in [-0.2, 0) is 34.2 Å². The third-order valence-electron chi connectivity index (χ3n) is 12.8. The predicted octanol–water partition coefficient (Wildman–Crippen LogP) is 12.5. The molecular weight excluding hydrogens is 840 g/mol. The smallest absolute Gasteiger partial charge is 0.192 e. The molecule has 54 heavy (non-hydrogen) atoms. The van der Waals surface area contributed by atoms with Gasteiger partial charge in [-0.2, -0.15) is 0 Å². The van der Waals surface area contributed by atoms with Gasteiger partial charge in [0.15, 0.2) is 25.0 Å². The van der Waals surface area contributed by atoms with Crippen molar-refractivity contribution in [2.75, 3.05) is 13.7 Å². The highest BCUT2D eigenvalue weighted by Gasteiger charge is 2.50. The topological polar surface area (TPSA) is 72.5 Å². The van der Waals surface area contributed by atoms with E-state index < -0.39 is 25.0 Å². The highest BCUT2D eigenvalue weighted by molar-refractivity contribution is 14.1. The van der Waals surface area contributed by atoms with Crippen molar-refractivity contribution >= 4 is 53.3 Å². The molecule has 1 fully saturated rings. The molecule has 0 bridgehead atoms. The van der Waals surface area contributed by atoms with Gasteiger partial charge in [-0.15, -0.1) is 0 Å². The largest absolute Gasteiger partial charge is 0.497 e. The van der Waals surface area contributed by atoms with Crippen molar-refractivity contribution in [1.29, 1.82) is 0 Å². The summed E-state index contributed by atoms with van der Waals surface area (Å²) in [7, 11) is -4.57. The van der Waals surface area contributed by atoms with Crippen molar-refractivity contribution in [2.45, 2.75) is 193 Å². The highest BCUT2D eigenvalue weighted by Crippen LogP contribution is 2.44. The van der Waals surface area contributed by atoms with Crippen molar-refractivity contribution in [1.82, 2.24) is 0 Å². The fourth-order valence-electron chi connectivity index (χ4n) is 6.07. The van der Waals surface area contributed by atoms with Gasteiger partial charge in [-0.05, 0) is 101 Å². The molecule has 0 N–H and O–H groups in total. The summed E-state index contributed by atoms with van der Waals surface area (Å²) in [5, 5.41) is 0.235. The van der Waals surface area contributed by atoms with E-state index >= 15 is 0 Å². The zero-order valence-electron chi connectivity index (χ0n) is 37.5. The number of hydrogen-bond acceptors (Lipinski definition) is 7. The standard InChI is InChI=1S/C43H79IO7Si3/c1-31(36(23-25-44)47-30-33-19-21-35(46-12)22-20-33)27-34(45)28-32(2)40-39(51-54(17,18)43(9,10)11)29-38(49-40)37(50-53(15,16)42(6,7)8)24-26-48-52(13,14)41(3,4)5/h19-23,25,31-32,36-40H,24,26-30H2,1-18H3/b25-23+/t31?,32?,36?,37?,38-,39-,40-/m0/s1. The molecule has 0 spiro atoms. The Bertz CT molecular complexity index is 1330. The number of hydrogen-bond donors (Lipinski definition) is 0. The van der Waals surface area contributed by atoms with Crippen LogP contribution in [0.5, 0.6) is 5.75 Å². The van der Waals surface area contributed by atoms with Crippen LogP contribution in [0.25, 0.3) is 0 Å². The number of Topliss-reactive ketones (excluding diaryl/α,β-unsaturated/α-hetero) is 1. The van der Waals surface area contributed by atoms with Gasteiger partial charge in [-0.1, -0.05) is 111 Å². The third-order valence-corrected chi connectivity index (χ3v) is 26.8. The van der Waals surface area contributed by atoms with Crippen molar-refractivity contribution in [2.24, 2.45) is 11.8 Å². The van der Waals surface area contributed by atoms with Crippen LogP contribution in [0, 0.1) is 11.8 Å². The van der Waals surface area contributed by atoms with Gasteiger partial charge in [-0.3, -0.25) is 4.79 Å². The van der Waals surface area contributed by atoms with E-state index in [1.165, 1.54) is 0 Å². The van der Waals surface area contributed by atoms with E-state index in [2.05, 4.69) is 144 Å². The number of ether oxygens (including phenoxy) is 3. The number of carbonyl (C=O) groups is 1. The van der Waals surface area contributed by atoms with Gasteiger partial charge >= 0.3 is 0 Å². The maximum Gasteiger partial charge on any atom is 0.192 e. The second-order valence-electron chi connectivity index (χ2n) is 20.4. The van der Waals surface area contributed by atoms with Crippen LogP contribution < -0.4 is 4.74 Å². The van der Waals surface area contributed by atoms with Gasteiger partial charge in [-0.25, -0.2) is 0 Å². The Morgan fingerprint density at radius 2 is 1.43 bits per heavy atom. The lowest BCUT2D eigenvalue weighted by molar-refractivity contribution is -0.124. The van der Waals surface area contributed by atoms with Gasteiger partial charge < -0.3 is 27.5 Å². The van der Waals surface area contributed by atoms with Gasteiger partial charge in [0, 0.05) is 25.9 Å². The normalized spacial score (nSPS) is 21.6. The van der Waals surface area contributed by atoms with Crippen LogP contribution in [0.15, 0.2) is 34.4 Å². The SMILES string of the molecule is COc1ccc(COC(/C=C/I)C(C)CC(=O)CC(C)[C@@H]2O[C@H](C(CCO[Si](C)(C)C(C)(C)C)O[Si](C)(C)C(C)(C)C)C[C@@H]2O[Si](C)(C)C(C)(C)C)cc1. The molecule has 0 saturated carbocycles. The number of methoxy groups -OCH3 is 1. The molecule has 7 nitrogen and oxygen atoms in total. The van der Waals surface area contributed by atoms with Crippen molar-refractivity contribution < 1.29 is 32.3 Å². The van der Waals surface area contributed by atoms with E-state index in [4.69, 9.17) is 27.5 Å². The average Bonchev–Trinajstić information content (AvgIpc) is 3.44. The molecule has 4 unspecified atom stereocenters. The van der Waals surface area contributed by atoms with E-state index in [1.807, 2.05) is 28.3 Å². The molecular formula is C43H79IO7Si3. The van der Waals surface area contributed by atoms with Crippen LogP contribution >= 0.6 is 22.6 Å². The first kappa shape index (κ1) is 49.8. The van der Waals surface area contributed by atoms with E-state index in [0.29, 0.717) is 26.1 Å². The van der Waals surface area contributed by atoms with Gasteiger partial charge in [0.1, 0.15) is 11.5 Å². The quantitative estimate of drug-likeness (QED) is 0.0953. The summed E-state index contributed by atoms with van der Waals surface area (Å²) in [4.78, 5) is 13.8. The second-order valence-corrected chi connectivity index (χ2v) is 35.5. The average molecular weight is 919 g/mol. The molecule has 312 valence electrons. The molecule has 1 aromatic carbocycles. The lowest BCUT2D eigenvalue weighted by atomic mass is 9.89. The fraction of sp³-hybridized carbons (Fsp3) is 0.791. The Hall–Kier alpha value is -0.389. The molecule has 0 radical (unpaired) electrons. The summed E-state index contributed by atoms with van der Waals surface area (Å²) >= 11 is 2.23. The zero-order chi connectivity index (χ0) is 41.5. The zero-order valence-corrected chi connectivity index (χ0v) is 42.6. The van der Waals surface area contributed by atoms with Crippen LogP contribution in [-0.4, -0.2) is 75.0 Å². The Morgan fingerprint density at radius 3 is 1.93 bits per heavy atom. The molecule has 1 saturated heterocycles. The molecule has 1 aromatic rings. The molecule has 1 aliphatic rings. The van der Waals surface area contributed by atoms with Gasteiger partial charge in [0.25, 0.3) is 0 Å². The number of halogens is 1. The maximum absolute atomic E-state index is 13.8. The summed E-state index contributed by atoms with van der Waals surface area (Å²) in [6, 6.07) is 7.92. The second kappa shape index (κ2) is 20.0. The Morgan fingerprint density at radius 1 is 0.870 bits per heavy atom. The molecule has 2 rings (SSSR count). The Labute approximate surface area is 348 Å². The molecule has 0 aromatic heterocycles. The van der Waals surface area contributed by atoms with Crippen LogP contribution in [0.4, 0.5) is 0 Å². The van der Waals surface area contributed by atoms with Crippen LogP contribution in [0.3, 0.4) is 0 Å². The molecule has 1 heterocycles.